The number of ether oxygens (including phenoxy) is 2. The lowest BCUT2D eigenvalue weighted by Gasteiger charge is -2.22. The molecule has 0 aromatic rings. The third-order valence-electron chi connectivity index (χ3n) is 4.83. The van der Waals surface area contributed by atoms with Crippen molar-refractivity contribution in [3.8, 4) is 0 Å². The number of guanidine groups is 1. The Morgan fingerprint density at radius 3 is 2.61 bits per heavy atom. The predicted molar refractivity (Wildman–Crippen MR) is 106 cm³/mol. The largest absolute Gasteiger partial charge is 0.382 e. The van der Waals surface area contributed by atoms with Crippen molar-refractivity contribution in [2.24, 2.45) is 16.8 Å². The Bertz CT molecular complexity index is 336. The van der Waals surface area contributed by atoms with Crippen LogP contribution in [0.3, 0.4) is 0 Å². The molecule has 0 aromatic carbocycles. The normalized spacial score (nSPS) is 24.9. The van der Waals surface area contributed by atoms with Gasteiger partial charge in [0.15, 0.2) is 5.96 Å². The van der Waals surface area contributed by atoms with Gasteiger partial charge in [0.25, 0.3) is 0 Å². The van der Waals surface area contributed by atoms with E-state index in [1.54, 1.807) is 7.11 Å². The van der Waals surface area contributed by atoms with Crippen molar-refractivity contribution in [3.63, 3.8) is 0 Å². The summed E-state index contributed by atoms with van der Waals surface area (Å²) in [5, 5.41) is 6.96. The minimum Gasteiger partial charge on any atom is -0.382 e. The molecule has 5 nitrogen and oxygen atoms in total. The molecule has 0 bridgehead atoms. The molecule has 2 fully saturated rings. The number of nitrogens with one attached hydrogen (secondary N) is 2. The van der Waals surface area contributed by atoms with E-state index in [4.69, 9.17) is 9.47 Å². The molecule has 2 unspecified atom stereocenters. The second kappa shape index (κ2) is 12.3. The molecule has 2 aliphatic carbocycles. The van der Waals surface area contributed by atoms with Crippen LogP contribution in [0.5, 0.6) is 0 Å². The first-order chi connectivity index (χ1) is 10.8. The molecule has 2 rings (SSSR count). The molecule has 2 aliphatic rings. The molecule has 6 heteroatoms. The van der Waals surface area contributed by atoms with Crippen LogP contribution in [0.4, 0.5) is 0 Å². The predicted octanol–water partition coefficient (Wildman–Crippen LogP) is 2.79. The highest BCUT2D eigenvalue weighted by molar-refractivity contribution is 14.0. The van der Waals surface area contributed by atoms with E-state index in [9.17, 15) is 0 Å². The maximum atomic E-state index is 5.45. The van der Waals surface area contributed by atoms with E-state index in [1.165, 1.54) is 38.5 Å². The van der Waals surface area contributed by atoms with Crippen molar-refractivity contribution < 1.29 is 9.47 Å². The molecule has 0 radical (unpaired) electrons. The minimum absolute atomic E-state index is 0. The Labute approximate surface area is 158 Å². The van der Waals surface area contributed by atoms with Crippen LogP contribution in [-0.2, 0) is 9.47 Å². The lowest BCUT2D eigenvalue weighted by atomic mass is 9.85. The number of hydrogen-bond donors (Lipinski definition) is 2. The first-order valence-electron chi connectivity index (χ1n) is 8.89. The zero-order chi connectivity index (χ0) is 15.6. The van der Waals surface area contributed by atoms with E-state index in [2.05, 4.69) is 15.6 Å². The summed E-state index contributed by atoms with van der Waals surface area (Å²) in [7, 11) is 3.54. The van der Waals surface area contributed by atoms with E-state index in [1.807, 2.05) is 7.05 Å². The summed E-state index contributed by atoms with van der Waals surface area (Å²) >= 11 is 0. The second-order valence-electron chi connectivity index (χ2n) is 6.51. The zero-order valence-electron chi connectivity index (χ0n) is 14.7. The number of aliphatic imine (C=N–C) groups is 1. The van der Waals surface area contributed by atoms with Crippen LogP contribution in [0.15, 0.2) is 4.99 Å². The minimum atomic E-state index is 0. The summed E-state index contributed by atoms with van der Waals surface area (Å²) < 4.78 is 10.4. The molecule has 23 heavy (non-hydrogen) atoms. The molecule has 0 spiro atoms. The Morgan fingerprint density at radius 1 is 1.13 bits per heavy atom. The highest BCUT2D eigenvalue weighted by atomic mass is 127. The molecule has 0 aliphatic heterocycles. The van der Waals surface area contributed by atoms with Gasteiger partial charge in [0.1, 0.15) is 0 Å². The molecule has 136 valence electrons. The lowest BCUT2D eigenvalue weighted by molar-refractivity contribution is 0.0698. The second-order valence-corrected chi connectivity index (χ2v) is 6.51. The van der Waals surface area contributed by atoms with Gasteiger partial charge in [0.05, 0.1) is 13.2 Å². The van der Waals surface area contributed by atoms with Gasteiger partial charge in [-0.2, -0.15) is 0 Å². The first-order valence-corrected chi connectivity index (χ1v) is 8.89. The fourth-order valence-electron chi connectivity index (χ4n) is 3.46. The number of methoxy groups -OCH3 is 1. The van der Waals surface area contributed by atoms with Crippen molar-refractivity contribution >= 4 is 29.9 Å². The molecule has 0 aromatic heterocycles. The van der Waals surface area contributed by atoms with Gasteiger partial charge in [0, 0.05) is 33.4 Å². The Kier molecular flexibility index (Phi) is 11.2. The van der Waals surface area contributed by atoms with Gasteiger partial charge < -0.3 is 20.1 Å². The van der Waals surface area contributed by atoms with E-state index in [0.29, 0.717) is 19.3 Å². The van der Waals surface area contributed by atoms with Crippen LogP contribution in [0, 0.1) is 11.8 Å². The maximum absolute atomic E-state index is 5.45. The average molecular weight is 439 g/mol. The molecule has 0 saturated heterocycles. The fraction of sp³-hybridized carbons (Fsp3) is 0.941. The molecule has 0 amide bonds. The van der Waals surface area contributed by atoms with Crippen molar-refractivity contribution in [2.45, 2.75) is 51.0 Å². The molecular weight excluding hydrogens is 405 g/mol. The van der Waals surface area contributed by atoms with Crippen LogP contribution < -0.4 is 10.6 Å². The number of hydrogen-bond acceptors (Lipinski definition) is 3. The monoisotopic (exact) mass is 439 g/mol. The van der Waals surface area contributed by atoms with Gasteiger partial charge in [-0.3, -0.25) is 4.99 Å². The Balaban J connectivity index is 0.00000264. The van der Waals surface area contributed by atoms with Gasteiger partial charge in [-0.15, -0.1) is 24.0 Å². The average Bonchev–Trinajstić information content (AvgIpc) is 3.33. The lowest BCUT2D eigenvalue weighted by Crippen LogP contribution is -2.40. The van der Waals surface area contributed by atoms with Crippen molar-refractivity contribution in [1.82, 2.24) is 10.6 Å². The van der Waals surface area contributed by atoms with E-state index >= 15 is 0 Å². The summed E-state index contributed by atoms with van der Waals surface area (Å²) in [5.74, 6) is 2.79. The van der Waals surface area contributed by atoms with Crippen LogP contribution in [0.1, 0.15) is 44.9 Å². The standard InChI is InChI=1S/C17H33N3O2.HI/c1-18-17(19-9-6-10-22-12-11-21-2)20-16-13-15(16)14-7-4-3-5-8-14;/h14-16H,3-13H2,1-2H3,(H2,18,19,20);1H. The van der Waals surface area contributed by atoms with E-state index < -0.39 is 0 Å². The smallest absolute Gasteiger partial charge is 0.191 e. The highest BCUT2D eigenvalue weighted by Crippen LogP contribution is 2.44. The van der Waals surface area contributed by atoms with Crippen LogP contribution in [0.25, 0.3) is 0 Å². The summed E-state index contributed by atoms with van der Waals surface area (Å²) in [4.78, 5) is 4.33. The van der Waals surface area contributed by atoms with Gasteiger partial charge in [-0.25, -0.2) is 0 Å². The summed E-state index contributed by atoms with van der Waals surface area (Å²) in [6, 6.07) is 0.646. The highest BCUT2D eigenvalue weighted by Gasteiger charge is 2.43. The molecule has 2 saturated carbocycles. The molecular formula is C17H34IN3O2. The van der Waals surface area contributed by atoms with Crippen LogP contribution in [0.2, 0.25) is 0 Å². The van der Waals surface area contributed by atoms with Crippen molar-refractivity contribution in [3.05, 3.63) is 0 Å². The number of rotatable bonds is 9. The Morgan fingerprint density at radius 2 is 1.91 bits per heavy atom. The van der Waals surface area contributed by atoms with Crippen LogP contribution in [-0.4, -0.2) is 52.5 Å². The maximum Gasteiger partial charge on any atom is 0.191 e. The number of halogens is 1. The Hall–Kier alpha value is -0.0800. The SMILES string of the molecule is CN=C(NCCCOCCOC)NC1CC1C1CCCCC1.I. The van der Waals surface area contributed by atoms with Gasteiger partial charge in [0.2, 0.25) is 0 Å². The molecule has 2 atom stereocenters. The molecule has 0 heterocycles. The third kappa shape index (κ3) is 8.03. The quantitative estimate of drug-likeness (QED) is 0.251. The van der Waals surface area contributed by atoms with E-state index in [-0.39, 0.29) is 24.0 Å². The zero-order valence-corrected chi connectivity index (χ0v) is 17.0. The number of nitrogens with zero attached hydrogens (tertiary/aromatic N) is 1. The van der Waals surface area contributed by atoms with Gasteiger partial charge >= 0.3 is 0 Å². The van der Waals surface area contributed by atoms with Crippen LogP contribution >= 0.6 is 24.0 Å². The van der Waals surface area contributed by atoms with Crippen molar-refractivity contribution in [1.29, 1.82) is 0 Å². The first kappa shape index (κ1) is 21.0. The summed E-state index contributed by atoms with van der Waals surface area (Å²) in [6.07, 6.45) is 9.50. The summed E-state index contributed by atoms with van der Waals surface area (Å²) in [5.41, 5.74) is 0. The van der Waals surface area contributed by atoms with Gasteiger partial charge in [-0.1, -0.05) is 32.1 Å². The van der Waals surface area contributed by atoms with Gasteiger partial charge in [-0.05, 0) is 24.7 Å². The third-order valence-corrected chi connectivity index (χ3v) is 4.83. The fourth-order valence-corrected chi connectivity index (χ4v) is 3.46. The van der Waals surface area contributed by atoms with Crippen molar-refractivity contribution in [2.75, 3.05) is 40.5 Å². The topological polar surface area (TPSA) is 54.9 Å². The van der Waals surface area contributed by atoms with E-state index in [0.717, 1.165) is 37.4 Å². The molecule has 2 N–H and O–H groups in total. The summed E-state index contributed by atoms with van der Waals surface area (Å²) in [6.45, 7) is 3.00.